The van der Waals surface area contributed by atoms with E-state index in [4.69, 9.17) is 34.8 Å². The molecule has 22 heavy (non-hydrogen) atoms. The molecule has 0 aliphatic carbocycles. The highest BCUT2D eigenvalue weighted by Crippen LogP contribution is 2.26. The van der Waals surface area contributed by atoms with Crippen LogP contribution in [0, 0.1) is 6.92 Å². The summed E-state index contributed by atoms with van der Waals surface area (Å²) in [6, 6.07) is 5.74. The number of carbonyl (C=O) groups is 2. The molecule has 0 aromatic heterocycles. The molecule has 1 aromatic carbocycles. The fourth-order valence-corrected chi connectivity index (χ4v) is 3.42. The lowest BCUT2D eigenvalue weighted by atomic mass is 10.2. The summed E-state index contributed by atoms with van der Waals surface area (Å²) in [6.07, 6.45) is 0. The van der Waals surface area contributed by atoms with Gasteiger partial charge in [-0.1, -0.05) is 52.5 Å². The first-order valence-electron chi connectivity index (χ1n) is 5.75. The monoisotopic (exact) mass is 384 g/mol. The van der Waals surface area contributed by atoms with Gasteiger partial charge < -0.3 is 4.74 Å². The van der Waals surface area contributed by atoms with Gasteiger partial charge in [0.25, 0.3) is 0 Å². The van der Waals surface area contributed by atoms with Crippen LogP contribution in [0.3, 0.4) is 0 Å². The van der Waals surface area contributed by atoms with E-state index >= 15 is 0 Å². The summed E-state index contributed by atoms with van der Waals surface area (Å²) >= 11 is 16.9. The Balaban J connectivity index is 3.19. The molecule has 0 aliphatic rings. The zero-order valence-corrected chi connectivity index (χ0v) is 14.6. The number of allylic oxidation sites excluding steroid dienone is 1. The second-order valence-corrected chi connectivity index (χ2v) is 7.64. The predicted octanol–water partition coefficient (Wildman–Crippen LogP) is 2.76. The van der Waals surface area contributed by atoms with Crippen LogP contribution in [0.5, 0.6) is 0 Å². The first-order chi connectivity index (χ1) is 10.1. The third-order valence-electron chi connectivity index (χ3n) is 2.60. The van der Waals surface area contributed by atoms with E-state index in [9.17, 15) is 18.0 Å². The highest BCUT2D eigenvalue weighted by atomic mass is 35.5. The van der Waals surface area contributed by atoms with Gasteiger partial charge in [0.15, 0.2) is 0 Å². The molecule has 5 nitrogen and oxygen atoms in total. The normalized spacial score (nSPS) is 14.0. The average Bonchev–Trinajstić information content (AvgIpc) is 2.51. The van der Waals surface area contributed by atoms with E-state index in [1.54, 1.807) is 19.1 Å². The van der Waals surface area contributed by atoms with Crippen molar-refractivity contribution >= 4 is 56.4 Å². The number of esters is 1. The quantitative estimate of drug-likeness (QED) is 0.442. The van der Waals surface area contributed by atoms with Crippen LogP contribution < -0.4 is 0 Å². The Hall–Kier alpha value is -1.08. The molecular formula is C13H11Cl3O5S. The van der Waals surface area contributed by atoms with Crippen LogP contribution >= 0.6 is 34.8 Å². The molecule has 0 amide bonds. The van der Waals surface area contributed by atoms with Crippen molar-refractivity contribution in [3.05, 3.63) is 39.9 Å². The van der Waals surface area contributed by atoms with E-state index < -0.39 is 36.4 Å². The van der Waals surface area contributed by atoms with Crippen molar-refractivity contribution in [1.82, 2.24) is 0 Å². The number of rotatable bonds is 5. The molecule has 1 unspecified atom stereocenters. The summed E-state index contributed by atoms with van der Waals surface area (Å²) in [4.78, 5) is 23.0. The standard InChI is InChI=1S/C13H11Cl3O5S/c1-7-3-5-8(6-4-7)22(19,20)12(16)11(17)9(14)10(15)13(18)21-2/h3-6,12H,1-2H3/b10-9-. The highest BCUT2D eigenvalue weighted by molar-refractivity contribution is 7.94. The molecule has 1 rings (SSSR count). The number of ketones is 1. The van der Waals surface area contributed by atoms with Crippen LogP contribution in [0.15, 0.2) is 39.2 Å². The average molecular weight is 386 g/mol. The summed E-state index contributed by atoms with van der Waals surface area (Å²) in [5.41, 5.74) is 0.836. The first kappa shape index (κ1) is 19.0. The van der Waals surface area contributed by atoms with Gasteiger partial charge in [-0.15, -0.1) is 0 Å². The fraction of sp³-hybridized carbons (Fsp3) is 0.231. The summed E-state index contributed by atoms with van der Waals surface area (Å²) in [5, 5.41) is -1.54. The Labute approximate surface area is 142 Å². The van der Waals surface area contributed by atoms with Crippen LogP contribution in [0.4, 0.5) is 0 Å². The van der Waals surface area contributed by atoms with Crippen LogP contribution in [-0.4, -0.2) is 32.0 Å². The number of methoxy groups -OCH3 is 1. The third kappa shape index (κ3) is 4.01. The minimum absolute atomic E-state index is 0.148. The Bertz CT molecular complexity index is 723. The van der Waals surface area contributed by atoms with Gasteiger partial charge in [0, 0.05) is 0 Å². The van der Waals surface area contributed by atoms with E-state index in [0.29, 0.717) is 0 Å². The van der Waals surface area contributed by atoms with Crippen molar-refractivity contribution in [2.45, 2.75) is 16.5 Å². The number of alkyl halides is 1. The second-order valence-electron chi connectivity index (χ2n) is 4.16. The van der Waals surface area contributed by atoms with Gasteiger partial charge in [0.05, 0.1) is 12.0 Å². The van der Waals surface area contributed by atoms with Gasteiger partial charge in [-0.05, 0) is 19.1 Å². The van der Waals surface area contributed by atoms with Gasteiger partial charge in [-0.3, -0.25) is 4.79 Å². The van der Waals surface area contributed by atoms with Crippen molar-refractivity contribution in [1.29, 1.82) is 0 Å². The second kappa shape index (κ2) is 7.46. The topological polar surface area (TPSA) is 77.5 Å². The highest BCUT2D eigenvalue weighted by Gasteiger charge is 2.35. The molecule has 9 heteroatoms. The molecule has 0 fully saturated rings. The number of hydrogen-bond donors (Lipinski definition) is 0. The molecule has 0 saturated carbocycles. The van der Waals surface area contributed by atoms with Gasteiger partial charge in [-0.2, -0.15) is 0 Å². The molecule has 0 spiro atoms. The lowest BCUT2D eigenvalue weighted by Crippen LogP contribution is -2.26. The lowest BCUT2D eigenvalue weighted by Gasteiger charge is -2.10. The van der Waals surface area contributed by atoms with Crippen molar-refractivity contribution < 1.29 is 22.7 Å². The Kier molecular flexibility index (Phi) is 6.43. The maximum absolute atomic E-state index is 12.3. The van der Waals surface area contributed by atoms with Gasteiger partial charge >= 0.3 is 5.97 Å². The number of ether oxygens (including phenoxy) is 1. The molecule has 1 atom stereocenters. The molecule has 0 radical (unpaired) electrons. The van der Waals surface area contributed by atoms with Gasteiger partial charge in [-0.25, -0.2) is 13.2 Å². The van der Waals surface area contributed by atoms with Crippen molar-refractivity contribution in [2.24, 2.45) is 0 Å². The zero-order valence-electron chi connectivity index (χ0n) is 11.5. The zero-order chi connectivity index (χ0) is 17.1. The summed E-state index contributed by atoms with van der Waals surface area (Å²) < 4.78 is 26.8. The molecule has 0 aliphatic heterocycles. The van der Waals surface area contributed by atoms with Crippen LogP contribution in [0.2, 0.25) is 0 Å². The number of benzene rings is 1. The van der Waals surface area contributed by atoms with E-state index in [2.05, 4.69) is 4.74 Å². The van der Waals surface area contributed by atoms with E-state index in [1.165, 1.54) is 12.1 Å². The number of carbonyl (C=O) groups excluding carboxylic acids is 2. The van der Waals surface area contributed by atoms with Gasteiger partial charge in [0.1, 0.15) is 10.1 Å². The van der Waals surface area contributed by atoms with E-state index in [1.807, 2.05) is 0 Å². The van der Waals surface area contributed by atoms with E-state index in [0.717, 1.165) is 12.7 Å². The van der Waals surface area contributed by atoms with Crippen molar-refractivity contribution in [3.8, 4) is 0 Å². The molecule has 0 N–H and O–H groups in total. The van der Waals surface area contributed by atoms with Crippen LogP contribution in [0.1, 0.15) is 5.56 Å². The fourth-order valence-electron chi connectivity index (χ4n) is 1.38. The molecular weight excluding hydrogens is 375 g/mol. The number of Topliss-reactive ketones (excluding diaryl/α,β-unsaturated/α-hetero) is 1. The Morgan fingerprint density at radius 2 is 1.59 bits per heavy atom. The Morgan fingerprint density at radius 1 is 1.09 bits per heavy atom. The molecule has 0 heterocycles. The Morgan fingerprint density at radius 3 is 2.05 bits per heavy atom. The largest absolute Gasteiger partial charge is 0.465 e. The summed E-state index contributed by atoms with van der Waals surface area (Å²) in [7, 11) is -3.15. The molecule has 1 aromatic rings. The van der Waals surface area contributed by atoms with Crippen molar-refractivity contribution in [3.63, 3.8) is 0 Å². The summed E-state index contributed by atoms with van der Waals surface area (Å²) in [6.45, 7) is 1.77. The van der Waals surface area contributed by atoms with E-state index in [-0.39, 0.29) is 4.90 Å². The predicted molar refractivity (Wildman–Crippen MR) is 83.8 cm³/mol. The number of aryl methyl sites for hydroxylation is 1. The molecule has 0 saturated heterocycles. The SMILES string of the molecule is COC(=O)/C(Cl)=C(/Cl)C(=O)C(Cl)S(=O)(=O)c1ccc(C)cc1. The van der Waals surface area contributed by atoms with Crippen molar-refractivity contribution in [2.75, 3.05) is 7.11 Å². The third-order valence-corrected chi connectivity index (χ3v) is 6.01. The lowest BCUT2D eigenvalue weighted by molar-refractivity contribution is -0.135. The summed E-state index contributed by atoms with van der Waals surface area (Å²) in [5.74, 6) is -2.28. The number of halogens is 3. The molecule has 0 bridgehead atoms. The number of hydrogen-bond acceptors (Lipinski definition) is 5. The minimum atomic E-state index is -4.18. The first-order valence-corrected chi connectivity index (χ1v) is 8.49. The van der Waals surface area contributed by atoms with Crippen LogP contribution in [0.25, 0.3) is 0 Å². The molecule has 120 valence electrons. The number of sulfone groups is 1. The smallest absolute Gasteiger partial charge is 0.351 e. The van der Waals surface area contributed by atoms with Crippen LogP contribution in [-0.2, 0) is 24.2 Å². The van der Waals surface area contributed by atoms with Gasteiger partial charge in [0.2, 0.25) is 20.3 Å². The minimum Gasteiger partial charge on any atom is -0.465 e. The maximum atomic E-state index is 12.3. The maximum Gasteiger partial charge on any atom is 0.351 e.